The lowest BCUT2D eigenvalue weighted by Gasteiger charge is -2.37. The third-order valence-corrected chi connectivity index (χ3v) is 4.80. The number of aromatic nitrogens is 1. The van der Waals surface area contributed by atoms with Crippen LogP contribution in [0.4, 0.5) is 0 Å². The molecule has 2 aliphatic rings. The lowest BCUT2D eigenvalue weighted by atomic mass is 9.98. The molecule has 3 heterocycles. The van der Waals surface area contributed by atoms with Crippen molar-refractivity contribution in [3.63, 3.8) is 0 Å². The molecular weight excluding hydrogens is 294 g/mol. The second-order valence-corrected chi connectivity index (χ2v) is 6.28. The standard InChI is InChI=1S/C17H25N3O3/c21-16-13-18-6-4-15(16)17(22)20-7-2-1-3-14(20)5-8-19-9-11-23-12-10-19/h4,6,13-14,21H,1-3,5,7-12H2/t14-/m1/s1. The summed E-state index contributed by atoms with van der Waals surface area (Å²) in [6, 6.07) is 1.86. The monoisotopic (exact) mass is 319 g/mol. The van der Waals surface area contributed by atoms with Gasteiger partial charge in [-0.05, 0) is 31.7 Å². The van der Waals surface area contributed by atoms with Gasteiger partial charge in [-0.25, -0.2) is 0 Å². The van der Waals surface area contributed by atoms with Crippen LogP contribution in [0.1, 0.15) is 36.0 Å². The number of rotatable bonds is 4. The maximum Gasteiger partial charge on any atom is 0.257 e. The first-order valence-corrected chi connectivity index (χ1v) is 8.50. The van der Waals surface area contributed by atoms with Crippen molar-refractivity contribution in [2.24, 2.45) is 0 Å². The predicted molar refractivity (Wildman–Crippen MR) is 86.5 cm³/mol. The van der Waals surface area contributed by atoms with Gasteiger partial charge in [0.2, 0.25) is 0 Å². The van der Waals surface area contributed by atoms with Gasteiger partial charge in [0.1, 0.15) is 5.75 Å². The van der Waals surface area contributed by atoms with Gasteiger partial charge < -0.3 is 14.7 Å². The van der Waals surface area contributed by atoms with Gasteiger partial charge in [0, 0.05) is 38.4 Å². The molecule has 1 aromatic heterocycles. The van der Waals surface area contributed by atoms with Crippen LogP contribution < -0.4 is 0 Å². The molecule has 6 heteroatoms. The molecule has 3 rings (SSSR count). The molecule has 0 unspecified atom stereocenters. The van der Waals surface area contributed by atoms with E-state index in [-0.39, 0.29) is 17.7 Å². The highest BCUT2D eigenvalue weighted by Crippen LogP contribution is 2.25. The van der Waals surface area contributed by atoms with Crippen LogP contribution in [0.5, 0.6) is 5.75 Å². The summed E-state index contributed by atoms with van der Waals surface area (Å²) in [5.74, 6) is -0.105. The van der Waals surface area contributed by atoms with Crippen LogP contribution in [0.3, 0.4) is 0 Å². The molecule has 0 aromatic carbocycles. The van der Waals surface area contributed by atoms with Crippen molar-refractivity contribution in [1.82, 2.24) is 14.8 Å². The fourth-order valence-corrected chi connectivity index (χ4v) is 3.45. The fourth-order valence-electron chi connectivity index (χ4n) is 3.45. The number of morpholine rings is 1. The normalized spacial score (nSPS) is 23.0. The minimum atomic E-state index is -0.0726. The van der Waals surface area contributed by atoms with E-state index in [1.165, 1.54) is 12.6 Å². The van der Waals surface area contributed by atoms with Gasteiger partial charge in [-0.3, -0.25) is 14.7 Å². The van der Waals surface area contributed by atoms with E-state index in [2.05, 4.69) is 9.88 Å². The highest BCUT2D eigenvalue weighted by molar-refractivity contribution is 5.96. The van der Waals surface area contributed by atoms with Gasteiger partial charge in [-0.15, -0.1) is 0 Å². The number of piperidine rings is 1. The summed E-state index contributed by atoms with van der Waals surface area (Å²) in [6.07, 6.45) is 7.12. The number of pyridine rings is 1. The molecule has 2 aliphatic heterocycles. The van der Waals surface area contributed by atoms with Crippen LogP contribution >= 0.6 is 0 Å². The van der Waals surface area contributed by atoms with Crippen molar-refractivity contribution in [1.29, 1.82) is 0 Å². The lowest BCUT2D eigenvalue weighted by molar-refractivity contribution is 0.0295. The summed E-state index contributed by atoms with van der Waals surface area (Å²) in [4.78, 5) is 21.0. The molecule has 126 valence electrons. The largest absolute Gasteiger partial charge is 0.505 e. The van der Waals surface area contributed by atoms with Crippen LogP contribution in [0.2, 0.25) is 0 Å². The van der Waals surface area contributed by atoms with E-state index in [0.29, 0.717) is 5.56 Å². The predicted octanol–water partition coefficient (Wildman–Crippen LogP) is 1.50. The Morgan fingerprint density at radius 1 is 1.30 bits per heavy atom. The minimum absolute atomic E-state index is 0.0324. The van der Waals surface area contributed by atoms with E-state index >= 15 is 0 Å². The highest BCUT2D eigenvalue weighted by Gasteiger charge is 2.29. The Kier molecular flexibility index (Phi) is 5.46. The zero-order valence-electron chi connectivity index (χ0n) is 13.5. The summed E-state index contributed by atoms with van der Waals surface area (Å²) in [6.45, 7) is 5.34. The molecule has 0 bridgehead atoms. The van der Waals surface area contributed by atoms with E-state index in [0.717, 1.165) is 58.7 Å². The molecule has 1 N–H and O–H groups in total. The average molecular weight is 319 g/mol. The van der Waals surface area contributed by atoms with Crippen molar-refractivity contribution < 1.29 is 14.6 Å². The van der Waals surface area contributed by atoms with Crippen molar-refractivity contribution in [2.75, 3.05) is 39.4 Å². The molecule has 23 heavy (non-hydrogen) atoms. The molecule has 1 atom stereocenters. The van der Waals surface area contributed by atoms with Crippen LogP contribution in [0.25, 0.3) is 0 Å². The molecular formula is C17H25N3O3. The first-order chi connectivity index (χ1) is 11.3. The summed E-state index contributed by atoms with van der Waals surface area (Å²) in [5, 5.41) is 9.90. The molecule has 0 radical (unpaired) electrons. The molecule has 6 nitrogen and oxygen atoms in total. The Balaban J connectivity index is 1.63. The Hall–Kier alpha value is -1.66. The van der Waals surface area contributed by atoms with E-state index in [1.54, 1.807) is 12.3 Å². The first-order valence-electron chi connectivity index (χ1n) is 8.50. The topological polar surface area (TPSA) is 65.9 Å². The van der Waals surface area contributed by atoms with Gasteiger partial charge in [-0.2, -0.15) is 0 Å². The summed E-state index contributed by atoms with van der Waals surface area (Å²) in [7, 11) is 0. The third kappa shape index (κ3) is 4.00. The number of ether oxygens (including phenoxy) is 1. The molecule has 0 spiro atoms. The number of carbonyl (C=O) groups excluding carboxylic acids is 1. The van der Waals surface area contributed by atoms with E-state index in [1.807, 2.05) is 4.90 Å². The number of amides is 1. The summed E-state index contributed by atoms with van der Waals surface area (Å²) in [5.41, 5.74) is 0.360. The molecule has 2 fully saturated rings. The Bertz CT molecular complexity index is 532. The number of nitrogens with zero attached hydrogens (tertiary/aromatic N) is 3. The van der Waals surface area contributed by atoms with E-state index in [9.17, 15) is 9.90 Å². The maximum atomic E-state index is 12.8. The zero-order chi connectivity index (χ0) is 16.1. The van der Waals surface area contributed by atoms with Gasteiger partial charge in [-0.1, -0.05) is 0 Å². The van der Waals surface area contributed by atoms with Gasteiger partial charge in [0.15, 0.2) is 0 Å². The van der Waals surface area contributed by atoms with Crippen molar-refractivity contribution in [3.05, 3.63) is 24.0 Å². The summed E-state index contributed by atoms with van der Waals surface area (Å²) >= 11 is 0. The number of carbonyl (C=O) groups is 1. The van der Waals surface area contributed by atoms with Crippen LogP contribution in [0, 0.1) is 0 Å². The number of hydrogen-bond donors (Lipinski definition) is 1. The molecule has 1 aromatic rings. The average Bonchev–Trinajstić information content (AvgIpc) is 2.61. The third-order valence-electron chi connectivity index (χ3n) is 4.80. The maximum absolute atomic E-state index is 12.8. The quantitative estimate of drug-likeness (QED) is 0.911. The number of hydrogen-bond acceptors (Lipinski definition) is 5. The smallest absolute Gasteiger partial charge is 0.257 e. The van der Waals surface area contributed by atoms with E-state index in [4.69, 9.17) is 4.74 Å². The molecule has 2 saturated heterocycles. The molecule has 0 saturated carbocycles. The van der Waals surface area contributed by atoms with Crippen LogP contribution in [0.15, 0.2) is 18.5 Å². The van der Waals surface area contributed by atoms with Gasteiger partial charge >= 0.3 is 0 Å². The second kappa shape index (κ2) is 7.75. The Morgan fingerprint density at radius 2 is 2.13 bits per heavy atom. The van der Waals surface area contributed by atoms with Gasteiger partial charge in [0.25, 0.3) is 5.91 Å². The SMILES string of the molecule is O=C(c1ccncc1O)N1CCCC[C@@H]1CCN1CCOCC1. The van der Waals surface area contributed by atoms with Crippen LogP contribution in [-0.4, -0.2) is 71.2 Å². The minimum Gasteiger partial charge on any atom is -0.505 e. The van der Waals surface area contributed by atoms with Crippen LogP contribution in [-0.2, 0) is 4.74 Å². The molecule has 1 amide bonds. The van der Waals surface area contributed by atoms with Crippen molar-refractivity contribution >= 4 is 5.91 Å². The number of aromatic hydroxyl groups is 1. The lowest BCUT2D eigenvalue weighted by Crippen LogP contribution is -2.46. The second-order valence-electron chi connectivity index (χ2n) is 6.28. The van der Waals surface area contributed by atoms with Crippen molar-refractivity contribution in [2.45, 2.75) is 31.7 Å². The summed E-state index contributed by atoms with van der Waals surface area (Å²) < 4.78 is 5.38. The Morgan fingerprint density at radius 3 is 2.91 bits per heavy atom. The van der Waals surface area contributed by atoms with E-state index < -0.39 is 0 Å². The fraction of sp³-hybridized carbons (Fsp3) is 0.647. The first kappa shape index (κ1) is 16.2. The highest BCUT2D eigenvalue weighted by atomic mass is 16.5. The molecule has 0 aliphatic carbocycles. The Labute approximate surface area is 137 Å². The van der Waals surface area contributed by atoms with Crippen molar-refractivity contribution in [3.8, 4) is 5.75 Å². The number of likely N-dealkylation sites (tertiary alicyclic amines) is 1. The zero-order valence-corrected chi connectivity index (χ0v) is 13.5. The van der Waals surface area contributed by atoms with Gasteiger partial charge in [0.05, 0.1) is 25.0 Å².